The van der Waals surface area contributed by atoms with Crippen molar-refractivity contribution in [2.75, 3.05) is 5.32 Å². The first-order valence-electron chi connectivity index (χ1n) is 8.30. The van der Waals surface area contributed by atoms with Crippen molar-refractivity contribution in [1.29, 1.82) is 10.8 Å². The number of ether oxygens (including phenoxy) is 1. The van der Waals surface area contributed by atoms with Crippen LogP contribution in [0.5, 0.6) is 0 Å². The Kier molecular flexibility index (Phi) is 3.95. The molecule has 136 valence electrons. The number of hydrogen-bond donors (Lipinski definition) is 4. The summed E-state index contributed by atoms with van der Waals surface area (Å²) in [4.78, 5) is 12.2. The molecule has 4 rings (SSSR count). The van der Waals surface area contributed by atoms with Crippen molar-refractivity contribution in [3.8, 4) is 0 Å². The van der Waals surface area contributed by atoms with Gasteiger partial charge in [0.05, 0.1) is 17.1 Å². The maximum atomic E-state index is 13.4. The third-order valence-electron chi connectivity index (χ3n) is 4.56. The summed E-state index contributed by atoms with van der Waals surface area (Å²) >= 11 is 0. The summed E-state index contributed by atoms with van der Waals surface area (Å²) in [6, 6.07) is 10.7. The molecule has 0 saturated heterocycles. The van der Waals surface area contributed by atoms with Crippen molar-refractivity contribution in [1.82, 2.24) is 10.2 Å². The highest BCUT2D eigenvalue weighted by Gasteiger charge is 2.38. The predicted octanol–water partition coefficient (Wildman–Crippen LogP) is 3.30. The van der Waals surface area contributed by atoms with Gasteiger partial charge in [-0.15, -0.1) is 0 Å². The van der Waals surface area contributed by atoms with Gasteiger partial charge in [0, 0.05) is 18.0 Å². The maximum absolute atomic E-state index is 13.4. The fourth-order valence-electron chi connectivity index (χ4n) is 3.45. The Bertz CT molecular complexity index is 1120. The number of H-pyrrole nitrogens is 1. The fraction of sp³-hybridized carbons (Fsp3) is 0.158. The van der Waals surface area contributed by atoms with E-state index in [0.717, 1.165) is 5.56 Å². The molecule has 4 N–H and O–H groups in total. The van der Waals surface area contributed by atoms with E-state index >= 15 is 0 Å². The standard InChI is InChI=1S/C19H16FN5O2/c1-9(21)27-18(22)15-16(10-5-7-11(20)8-6-10)23-13-4-2-3-12-14(13)17(15)24-25-19(12)26/h2-8,15-16,21-23H,1H3,(H,25,26). The highest BCUT2D eigenvalue weighted by atomic mass is 19.1. The van der Waals surface area contributed by atoms with Crippen LogP contribution in [-0.4, -0.2) is 22.0 Å². The van der Waals surface area contributed by atoms with Crippen LogP contribution in [-0.2, 0) is 4.74 Å². The molecule has 1 aliphatic rings. The summed E-state index contributed by atoms with van der Waals surface area (Å²) in [5, 5.41) is 27.0. The van der Waals surface area contributed by atoms with Crippen molar-refractivity contribution in [2.24, 2.45) is 0 Å². The number of hydrogen-bond acceptors (Lipinski definition) is 6. The Labute approximate surface area is 153 Å². The summed E-state index contributed by atoms with van der Waals surface area (Å²) in [5.74, 6) is -1.38. The van der Waals surface area contributed by atoms with Gasteiger partial charge in [0.2, 0.25) is 5.90 Å². The predicted molar refractivity (Wildman–Crippen MR) is 100 cm³/mol. The zero-order chi connectivity index (χ0) is 19.1. The molecule has 0 radical (unpaired) electrons. The molecule has 1 aliphatic heterocycles. The van der Waals surface area contributed by atoms with Crippen LogP contribution in [0.2, 0.25) is 0 Å². The average Bonchev–Trinajstić information content (AvgIpc) is 2.64. The molecule has 8 heteroatoms. The van der Waals surface area contributed by atoms with Crippen molar-refractivity contribution >= 4 is 28.3 Å². The normalized spacial score (nSPS) is 18.0. The molecule has 7 nitrogen and oxygen atoms in total. The van der Waals surface area contributed by atoms with Gasteiger partial charge in [0.1, 0.15) is 11.7 Å². The first-order valence-corrected chi connectivity index (χ1v) is 8.30. The van der Waals surface area contributed by atoms with Crippen LogP contribution >= 0.6 is 0 Å². The zero-order valence-electron chi connectivity index (χ0n) is 14.3. The first kappa shape index (κ1) is 16.9. The lowest BCUT2D eigenvalue weighted by Crippen LogP contribution is -2.33. The Morgan fingerprint density at radius 3 is 2.63 bits per heavy atom. The zero-order valence-corrected chi connectivity index (χ0v) is 14.3. The number of aromatic amines is 1. The van der Waals surface area contributed by atoms with E-state index in [1.165, 1.54) is 19.1 Å². The molecule has 0 spiro atoms. The summed E-state index contributed by atoms with van der Waals surface area (Å²) < 4.78 is 18.6. The molecule has 0 amide bonds. The van der Waals surface area contributed by atoms with E-state index in [1.807, 2.05) is 6.07 Å². The molecule has 0 fully saturated rings. The van der Waals surface area contributed by atoms with E-state index in [4.69, 9.17) is 15.6 Å². The van der Waals surface area contributed by atoms with Crippen molar-refractivity contribution < 1.29 is 9.13 Å². The number of rotatable bonds is 2. The largest absolute Gasteiger partial charge is 0.429 e. The Balaban J connectivity index is 1.94. The molecule has 0 saturated carbocycles. The second-order valence-electron chi connectivity index (χ2n) is 6.34. The lowest BCUT2D eigenvalue weighted by Gasteiger charge is -2.34. The Morgan fingerprint density at radius 1 is 1.19 bits per heavy atom. The highest BCUT2D eigenvalue weighted by Crippen LogP contribution is 2.43. The molecule has 2 unspecified atom stereocenters. The summed E-state index contributed by atoms with van der Waals surface area (Å²) in [6.45, 7) is 1.43. The van der Waals surface area contributed by atoms with E-state index in [0.29, 0.717) is 22.2 Å². The van der Waals surface area contributed by atoms with Gasteiger partial charge in [-0.3, -0.25) is 15.6 Å². The van der Waals surface area contributed by atoms with Crippen molar-refractivity contribution in [3.63, 3.8) is 0 Å². The molecular formula is C19H16FN5O2. The molecule has 27 heavy (non-hydrogen) atoms. The molecule has 2 aromatic carbocycles. The fourth-order valence-corrected chi connectivity index (χ4v) is 3.45. The van der Waals surface area contributed by atoms with Gasteiger partial charge in [0.25, 0.3) is 5.56 Å². The SMILES string of the molecule is CC(=N)OC(=N)C1c2n[nH]c(=O)c3cccc(c23)NC1c1ccc(F)cc1. The third-order valence-corrected chi connectivity index (χ3v) is 4.56. The monoisotopic (exact) mass is 365 g/mol. The average molecular weight is 365 g/mol. The number of anilines is 1. The van der Waals surface area contributed by atoms with E-state index in [1.54, 1.807) is 24.3 Å². The first-order chi connectivity index (χ1) is 13.0. The van der Waals surface area contributed by atoms with Gasteiger partial charge >= 0.3 is 0 Å². The molecule has 0 bridgehead atoms. The minimum atomic E-state index is -0.704. The van der Waals surface area contributed by atoms with Crippen LogP contribution in [0.3, 0.4) is 0 Å². The minimum Gasteiger partial charge on any atom is -0.429 e. The lowest BCUT2D eigenvalue weighted by atomic mass is 9.84. The molecule has 2 atom stereocenters. The number of aromatic nitrogens is 2. The van der Waals surface area contributed by atoms with Gasteiger partial charge in [-0.25, -0.2) is 9.49 Å². The van der Waals surface area contributed by atoms with Crippen LogP contribution in [0.1, 0.15) is 30.1 Å². The van der Waals surface area contributed by atoms with Gasteiger partial charge in [0.15, 0.2) is 5.90 Å². The summed E-state index contributed by atoms with van der Waals surface area (Å²) in [5.41, 5.74) is 1.57. The van der Waals surface area contributed by atoms with Crippen LogP contribution in [0, 0.1) is 16.6 Å². The van der Waals surface area contributed by atoms with Gasteiger partial charge in [-0.2, -0.15) is 5.10 Å². The van der Waals surface area contributed by atoms with E-state index in [9.17, 15) is 9.18 Å². The van der Waals surface area contributed by atoms with Crippen LogP contribution in [0.25, 0.3) is 10.8 Å². The quantitative estimate of drug-likeness (QED) is 0.412. The Hall–Kier alpha value is -3.55. The lowest BCUT2D eigenvalue weighted by molar-refractivity contribution is 0.476. The van der Waals surface area contributed by atoms with Gasteiger partial charge in [-0.05, 0) is 29.8 Å². The van der Waals surface area contributed by atoms with E-state index in [2.05, 4.69) is 15.5 Å². The second-order valence-corrected chi connectivity index (χ2v) is 6.34. The molecular weight excluding hydrogens is 349 g/mol. The molecule has 1 aromatic heterocycles. The number of nitrogens with one attached hydrogen (secondary N) is 4. The molecule has 0 aliphatic carbocycles. The van der Waals surface area contributed by atoms with Gasteiger partial charge in [-0.1, -0.05) is 18.2 Å². The van der Waals surface area contributed by atoms with Crippen molar-refractivity contribution in [3.05, 3.63) is 69.9 Å². The third kappa shape index (κ3) is 2.84. The van der Waals surface area contributed by atoms with Crippen LogP contribution in [0.4, 0.5) is 10.1 Å². The number of nitrogens with zero attached hydrogens (tertiary/aromatic N) is 1. The molecule has 2 heterocycles. The number of halogens is 1. The minimum absolute atomic E-state index is 0.127. The topological polar surface area (TPSA) is 115 Å². The summed E-state index contributed by atoms with van der Waals surface area (Å²) in [7, 11) is 0. The van der Waals surface area contributed by atoms with E-state index in [-0.39, 0.29) is 23.2 Å². The van der Waals surface area contributed by atoms with Crippen molar-refractivity contribution in [2.45, 2.75) is 18.9 Å². The Morgan fingerprint density at radius 2 is 1.93 bits per heavy atom. The van der Waals surface area contributed by atoms with Crippen LogP contribution in [0.15, 0.2) is 47.3 Å². The van der Waals surface area contributed by atoms with Crippen LogP contribution < -0.4 is 10.9 Å². The summed E-state index contributed by atoms with van der Waals surface area (Å²) in [6.07, 6.45) is 0. The smallest absolute Gasteiger partial charge is 0.272 e. The van der Waals surface area contributed by atoms with E-state index < -0.39 is 12.0 Å². The van der Waals surface area contributed by atoms with Gasteiger partial charge < -0.3 is 10.1 Å². The molecule has 3 aromatic rings. The highest BCUT2D eigenvalue weighted by molar-refractivity contribution is 6.02. The second kappa shape index (κ2) is 6.31. The maximum Gasteiger partial charge on any atom is 0.272 e. The number of benzene rings is 2.